The maximum absolute atomic E-state index is 5.53. The first-order valence-electron chi connectivity index (χ1n) is 4.26. The molecule has 0 aliphatic carbocycles. The van der Waals surface area contributed by atoms with Gasteiger partial charge in [0.25, 0.3) is 0 Å². The second kappa shape index (κ2) is 3.62. The van der Waals surface area contributed by atoms with E-state index < -0.39 is 0 Å². The monoisotopic (exact) mass is 226 g/mol. The number of hydrogen-bond acceptors (Lipinski definition) is 6. The minimum Gasteiger partial charge on any atom is -0.374 e. The van der Waals surface area contributed by atoms with Crippen molar-refractivity contribution in [2.45, 2.75) is 20.3 Å². The molecule has 0 atom stereocenters. The van der Waals surface area contributed by atoms with Crippen LogP contribution >= 0.6 is 22.7 Å². The fraction of sp³-hybridized carbons (Fsp3) is 0.375. The quantitative estimate of drug-likeness (QED) is 0.851. The van der Waals surface area contributed by atoms with Crippen molar-refractivity contribution in [2.24, 2.45) is 0 Å². The van der Waals surface area contributed by atoms with Crippen LogP contribution in [-0.2, 0) is 6.42 Å². The van der Waals surface area contributed by atoms with E-state index in [1.807, 2.05) is 6.92 Å². The maximum atomic E-state index is 5.53. The Labute approximate surface area is 89.8 Å². The molecule has 0 saturated carbocycles. The summed E-state index contributed by atoms with van der Waals surface area (Å²) < 4.78 is 0. The van der Waals surface area contributed by atoms with Crippen LogP contribution in [0.25, 0.3) is 9.88 Å². The van der Waals surface area contributed by atoms with Crippen LogP contribution in [0.2, 0.25) is 0 Å². The molecule has 4 nitrogen and oxygen atoms in total. The predicted octanol–water partition coefficient (Wildman–Crippen LogP) is 2.11. The highest BCUT2D eigenvalue weighted by Crippen LogP contribution is 2.32. The van der Waals surface area contributed by atoms with Gasteiger partial charge in [-0.25, -0.2) is 4.98 Å². The fourth-order valence-electron chi connectivity index (χ4n) is 1.13. The van der Waals surface area contributed by atoms with Gasteiger partial charge in [0, 0.05) is 0 Å². The number of rotatable bonds is 2. The molecule has 0 aliphatic rings. The third-order valence-electron chi connectivity index (χ3n) is 1.78. The van der Waals surface area contributed by atoms with Crippen LogP contribution in [0.3, 0.4) is 0 Å². The van der Waals surface area contributed by atoms with Crippen LogP contribution in [-0.4, -0.2) is 15.2 Å². The Hall–Kier alpha value is -1.01. The summed E-state index contributed by atoms with van der Waals surface area (Å²) in [5.41, 5.74) is 6.55. The van der Waals surface area contributed by atoms with Gasteiger partial charge in [0.2, 0.25) is 5.13 Å². The Morgan fingerprint density at radius 3 is 2.57 bits per heavy atom. The lowest BCUT2D eigenvalue weighted by Crippen LogP contribution is -1.80. The van der Waals surface area contributed by atoms with E-state index in [2.05, 4.69) is 22.1 Å². The highest BCUT2D eigenvalue weighted by atomic mass is 32.1. The van der Waals surface area contributed by atoms with Gasteiger partial charge in [-0.3, -0.25) is 0 Å². The zero-order valence-corrected chi connectivity index (χ0v) is 9.58. The van der Waals surface area contributed by atoms with E-state index in [1.54, 1.807) is 11.3 Å². The molecule has 14 heavy (non-hydrogen) atoms. The van der Waals surface area contributed by atoms with Crippen molar-refractivity contribution in [3.05, 3.63) is 10.7 Å². The summed E-state index contributed by atoms with van der Waals surface area (Å²) in [7, 11) is 0. The van der Waals surface area contributed by atoms with Crippen molar-refractivity contribution in [2.75, 3.05) is 5.73 Å². The van der Waals surface area contributed by atoms with E-state index in [9.17, 15) is 0 Å². The Balaban J connectivity index is 2.45. The SMILES string of the molecule is CCc1nc(C)c(-c2nnc(N)s2)s1. The first-order chi connectivity index (χ1) is 6.70. The maximum Gasteiger partial charge on any atom is 0.203 e. The fourth-order valence-corrected chi connectivity index (χ4v) is 2.86. The van der Waals surface area contributed by atoms with Gasteiger partial charge in [-0.05, 0) is 13.3 Å². The van der Waals surface area contributed by atoms with Gasteiger partial charge >= 0.3 is 0 Å². The van der Waals surface area contributed by atoms with E-state index >= 15 is 0 Å². The molecular formula is C8H10N4S2. The largest absolute Gasteiger partial charge is 0.374 e. The summed E-state index contributed by atoms with van der Waals surface area (Å²) in [4.78, 5) is 5.52. The van der Waals surface area contributed by atoms with E-state index in [0.717, 1.165) is 27.0 Å². The Morgan fingerprint density at radius 2 is 2.07 bits per heavy atom. The number of nitrogen functional groups attached to an aromatic ring is 1. The summed E-state index contributed by atoms with van der Waals surface area (Å²) in [6.45, 7) is 4.08. The van der Waals surface area contributed by atoms with Crippen molar-refractivity contribution < 1.29 is 0 Å². The van der Waals surface area contributed by atoms with Crippen LogP contribution < -0.4 is 5.73 Å². The van der Waals surface area contributed by atoms with Gasteiger partial charge in [0.05, 0.1) is 15.6 Å². The third kappa shape index (κ3) is 1.62. The number of hydrogen-bond donors (Lipinski definition) is 1. The zero-order valence-electron chi connectivity index (χ0n) is 7.94. The molecule has 0 bridgehead atoms. The molecule has 0 spiro atoms. The molecule has 0 aromatic carbocycles. The Morgan fingerprint density at radius 1 is 1.29 bits per heavy atom. The van der Waals surface area contributed by atoms with Gasteiger partial charge in [0.15, 0.2) is 5.01 Å². The minimum atomic E-state index is 0.505. The summed E-state index contributed by atoms with van der Waals surface area (Å²) in [6, 6.07) is 0. The average molecular weight is 226 g/mol. The molecule has 2 aromatic rings. The molecule has 2 heterocycles. The number of thiazole rings is 1. The molecule has 0 fully saturated rings. The molecule has 74 valence electrons. The van der Waals surface area contributed by atoms with Crippen LogP contribution in [0.1, 0.15) is 17.6 Å². The van der Waals surface area contributed by atoms with Crippen LogP contribution in [0, 0.1) is 6.92 Å². The number of anilines is 1. The topological polar surface area (TPSA) is 64.7 Å². The minimum absolute atomic E-state index is 0.505. The van der Waals surface area contributed by atoms with Crippen LogP contribution in [0.4, 0.5) is 5.13 Å². The second-order valence-corrected chi connectivity index (χ2v) is 4.91. The third-order valence-corrected chi connectivity index (χ3v) is 3.99. The summed E-state index contributed by atoms with van der Waals surface area (Å²) in [5, 5.41) is 10.3. The smallest absolute Gasteiger partial charge is 0.203 e. The van der Waals surface area contributed by atoms with Gasteiger partial charge in [0.1, 0.15) is 0 Å². The lowest BCUT2D eigenvalue weighted by atomic mass is 10.4. The molecule has 2 aromatic heterocycles. The van der Waals surface area contributed by atoms with E-state index in [0.29, 0.717) is 5.13 Å². The lowest BCUT2D eigenvalue weighted by Gasteiger charge is -1.87. The molecule has 2 N–H and O–H groups in total. The number of aromatic nitrogens is 3. The van der Waals surface area contributed by atoms with E-state index in [1.165, 1.54) is 11.3 Å². The van der Waals surface area contributed by atoms with Gasteiger partial charge < -0.3 is 5.73 Å². The molecule has 0 saturated heterocycles. The lowest BCUT2D eigenvalue weighted by molar-refractivity contribution is 1.06. The van der Waals surface area contributed by atoms with Crippen LogP contribution in [0.5, 0.6) is 0 Å². The second-order valence-electron chi connectivity index (χ2n) is 2.82. The summed E-state index contributed by atoms with van der Waals surface area (Å²) >= 11 is 3.07. The van der Waals surface area contributed by atoms with E-state index in [4.69, 9.17) is 5.73 Å². The van der Waals surface area contributed by atoms with Crippen molar-refractivity contribution in [3.63, 3.8) is 0 Å². The molecule has 0 unspecified atom stereocenters. The number of nitrogens with two attached hydrogens (primary N) is 1. The van der Waals surface area contributed by atoms with Gasteiger partial charge in [-0.15, -0.1) is 21.5 Å². The van der Waals surface area contributed by atoms with Crippen molar-refractivity contribution >= 4 is 27.8 Å². The normalized spacial score (nSPS) is 10.7. The highest BCUT2D eigenvalue weighted by Gasteiger charge is 2.12. The zero-order chi connectivity index (χ0) is 10.1. The van der Waals surface area contributed by atoms with Crippen molar-refractivity contribution in [1.29, 1.82) is 0 Å². The molecule has 0 aliphatic heterocycles. The predicted molar refractivity (Wildman–Crippen MR) is 59.5 cm³/mol. The van der Waals surface area contributed by atoms with Gasteiger partial charge in [-0.2, -0.15) is 0 Å². The Bertz CT molecular complexity index is 446. The van der Waals surface area contributed by atoms with Gasteiger partial charge in [-0.1, -0.05) is 18.3 Å². The van der Waals surface area contributed by atoms with Crippen LogP contribution in [0.15, 0.2) is 0 Å². The molecular weight excluding hydrogens is 216 g/mol. The molecule has 0 radical (unpaired) electrons. The number of nitrogens with zero attached hydrogens (tertiary/aromatic N) is 3. The highest BCUT2D eigenvalue weighted by molar-refractivity contribution is 7.23. The van der Waals surface area contributed by atoms with E-state index in [-0.39, 0.29) is 0 Å². The first-order valence-corrected chi connectivity index (χ1v) is 5.89. The first kappa shape index (κ1) is 9.54. The summed E-state index contributed by atoms with van der Waals surface area (Å²) in [6.07, 6.45) is 0.958. The Kier molecular flexibility index (Phi) is 2.47. The standard InChI is InChI=1S/C8H10N4S2/c1-3-5-10-4(2)6(13-5)7-11-12-8(9)14-7/h3H2,1-2H3,(H2,9,12). The molecule has 0 amide bonds. The average Bonchev–Trinajstić information content (AvgIpc) is 2.71. The number of aryl methyl sites for hydroxylation is 2. The molecule has 2 rings (SSSR count). The summed E-state index contributed by atoms with van der Waals surface area (Å²) in [5.74, 6) is 0. The van der Waals surface area contributed by atoms with Crippen molar-refractivity contribution in [3.8, 4) is 9.88 Å². The van der Waals surface area contributed by atoms with Crippen molar-refractivity contribution in [1.82, 2.24) is 15.2 Å². The molecule has 6 heteroatoms.